The van der Waals surface area contributed by atoms with Crippen LogP contribution in [-0.4, -0.2) is 4.98 Å². The summed E-state index contributed by atoms with van der Waals surface area (Å²) in [6, 6.07) is 5.44. The van der Waals surface area contributed by atoms with Gasteiger partial charge in [0.2, 0.25) is 0 Å². The number of nitrogen functional groups attached to an aromatic ring is 1. The van der Waals surface area contributed by atoms with E-state index >= 15 is 0 Å². The normalized spacial score (nSPS) is 10.4. The molecule has 0 atom stereocenters. The monoisotopic (exact) mass is 253 g/mol. The minimum atomic E-state index is 0.650. The number of aromatic nitrogens is 1. The van der Waals surface area contributed by atoms with E-state index in [-0.39, 0.29) is 0 Å². The first-order valence-electron chi connectivity index (χ1n) is 4.84. The molecular weight excluding hydrogens is 242 g/mol. The highest BCUT2D eigenvalue weighted by Crippen LogP contribution is 2.24. The van der Waals surface area contributed by atoms with Crippen LogP contribution in [-0.2, 0) is 6.54 Å². The quantitative estimate of drug-likeness (QED) is 0.826. The number of hydrogen-bond donors (Lipinski definition) is 2. The second kappa shape index (κ2) is 4.72. The van der Waals surface area contributed by atoms with Gasteiger partial charge < -0.3 is 11.1 Å². The molecule has 1 aromatic carbocycles. The van der Waals surface area contributed by atoms with E-state index < -0.39 is 0 Å². The van der Waals surface area contributed by atoms with E-state index in [1.165, 1.54) is 4.88 Å². The van der Waals surface area contributed by atoms with E-state index in [0.29, 0.717) is 10.7 Å². The van der Waals surface area contributed by atoms with Crippen LogP contribution in [0.15, 0.2) is 23.7 Å². The molecule has 0 saturated carbocycles. The van der Waals surface area contributed by atoms with Gasteiger partial charge in [0.25, 0.3) is 0 Å². The zero-order valence-corrected chi connectivity index (χ0v) is 10.4. The van der Waals surface area contributed by atoms with Crippen molar-refractivity contribution in [3.8, 4) is 0 Å². The molecule has 0 aliphatic heterocycles. The average molecular weight is 254 g/mol. The third kappa shape index (κ3) is 2.46. The Hall–Kier alpha value is -1.26. The molecule has 0 radical (unpaired) electrons. The van der Waals surface area contributed by atoms with Crippen LogP contribution in [0.25, 0.3) is 0 Å². The Morgan fingerprint density at radius 2 is 2.31 bits per heavy atom. The summed E-state index contributed by atoms with van der Waals surface area (Å²) in [4.78, 5) is 5.41. The van der Waals surface area contributed by atoms with Crippen LogP contribution in [0.5, 0.6) is 0 Å². The highest BCUT2D eigenvalue weighted by atomic mass is 35.5. The van der Waals surface area contributed by atoms with Crippen LogP contribution in [0.3, 0.4) is 0 Å². The molecule has 2 aromatic rings. The van der Waals surface area contributed by atoms with Crippen LogP contribution in [0, 0.1) is 6.92 Å². The summed E-state index contributed by atoms with van der Waals surface area (Å²) in [7, 11) is 0. The molecule has 0 saturated heterocycles. The smallest absolute Gasteiger partial charge is 0.0798 e. The second-order valence-corrected chi connectivity index (χ2v) is 4.82. The number of nitrogens with zero attached hydrogens (tertiary/aromatic N) is 1. The van der Waals surface area contributed by atoms with Crippen molar-refractivity contribution in [2.24, 2.45) is 0 Å². The molecule has 0 spiro atoms. The Morgan fingerprint density at radius 3 is 2.94 bits per heavy atom. The summed E-state index contributed by atoms with van der Waals surface area (Å²) in [5.41, 5.74) is 10.3. The van der Waals surface area contributed by atoms with Crippen LogP contribution < -0.4 is 11.1 Å². The highest BCUT2D eigenvalue weighted by Gasteiger charge is 2.03. The third-order valence-corrected chi connectivity index (χ3v) is 3.47. The number of rotatable bonds is 3. The Morgan fingerprint density at radius 1 is 1.50 bits per heavy atom. The summed E-state index contributed by atoms with van der Waals surface area (Å²) in [5, 5.41) is 3.92. The molecular formula is C11H12ClN3S. The predicted molar refractivity (Wildman–Crippen MR) is 70.0 cm³/mol. The third-order valence-electron chi connectivity index (χ3n) is 2.30. The van der Waals surface area contributed by atoms with Crippen LogP contribution in [0.2, 0.25) is 5.02 Å². The minimum absolute atomic E-state index is 0.650. The molecule has 5 heteroatoms. The first-order valence-corrected chi connectivity index (χ1v) is 6.10. The van der Waals surface area contributed by atoms with Gasteiger partial charge in [-0.25, -0.2) is 4.98 Å². The van der Waals surface area contributed by atoms with Crippen molar-refractivity contribution >= 4 is 34.3 Å². The topological polar surface area (TPSA) is 50.9 Å². The molecule has 2 rings (SSSR count). The number of aryl methyl sites for hydroxylation is 1. The molecule has 1 aromatic heterocycles. The van der Waals surface area contributed by atoms with E-state index in [2.05, 4.69) is 10.3 Å². The molecule has 0 fully saturated rings. The van der Waals surface area contributed by atoms with Gasteiger partial charge in [-0.2, -0.15) is 0 Å². The van der Waals surface area contributed by atoms with Crippen molar-refractivity contribution in [2.45, 2.75) is 13.5 Å². The predicted octanol–water partition coefficient (Wildman–Crippen LogP) is 3.30. The zero-order chi connectivity index (χ0) is 11.5. The van der Waals surface area contributed by atoms with Gasteiger partial charge in [-0.15, -0.1) is 11.3 Å². The number of thiazole rings is 1. The lowest BCUT2D eigenvalue weighted by atomic mass is 10.2. The maximum absolute atomic E-state index is 5.84. The maximum Gasteiger partial charge on any atom is 0.0798 e. The zero-order valence-electron chi connectivity index (χ0n) is 8.83. The second-order valence-electron chi connectivity index (χ2n) is 3.45. The lowest BCUT2D eigenvalue weighted by Gasteiger charge is -2.08. The van der Waals surface area contributed by atoms with E-state index in [1.54, 1.807) is 17.4 Å². The van der Waals surface area contributed by atoms with Crippen molar-refractivity contribution in [3.05, 3.63) is 39.3 Å². The highest BCUT2D eigenvalue weighted by molar-refractivity contribution is 7.09. The molecule has 0 unspecified atom stereocenters. The van der Waals surface area contributed by atoms with E-state index in [9.17, 15) is 0 Å². The first kappa shape index (κ1) is 11.2. The number of nitrogens with one attached hydrogen (secondary N) is 1. The van der Waals surface area contributed by atoms with Gasteiger partial charge in [-0.05, 0) is 25.1 Å². The standard InChI is InChI=1S/C11H12ClN3S/c1-7-11(16-6-15-7)5-14-10-3-2-8(12)4-9(10)13/h2-4,6,14H,5,13H2,1H3. The van der Waals surface area contributed by atoms with Gasteiger partial charge in [0, 0.05) is 9.90 Å². The van der Waals surface area contributed by atoms with Gasteiger partial charge >= 0.3 is 0 Å². The first-order chi connectivity index (χ1) is 7.66. The van der Waals surface area contributed by atoms with Gasteiger partial charge in [-0.3, -0.25) is 0 Å². The summed E-state index contributed by atoms with van der Waals surface area (Å²) < 4.78 is 0. The van der Waals surface area contributed by atoms with Crippen LogP contribution >= 0.6 is 22.9 Å². The molecule has 0 aliphatic carbocycles. The molecule has 0 bridgehead atoms. The average Bonchev–Trinajstić information content (AvgIpc) is 2.63. The molecule has 3 nitrogen and oxygen atoms in total. The number of benzene rings is 1. The summed E-state index contributed by atoms with van der Waals surface area (Å²) in [6.07, 6.45) is 0. The number of anilines is 2. The molecule has 1 heterocycles. The maximum atomic E-state index is 5.84. The van der Waals surface area contributed by atoms with Crippen LogP contribution in [0.4, 0.5) is 11.4 Å². The Balaban J connectivity index is 2.08. The summed E-state index contributed by atoms with van der Waals surface area (Å²) in [5.74, 6) is 0. The summed E-state index contributed by atoms with van der Waals surface area (Å²) in [6.45, 7) is 2.74. The van der Waals surface area contributed by atoms with Gasteiger partial charge in [-0.1, -0.05) is 11.6 Å². The van der Waals surface area contributed by atoms with Crippen molar-refractivity contribution in [1.29, 1.82) is 0 Å². The molecule has 16 heavy (non-hydrogen) atoms. The SMILES string of the molecule is Cc1ncsc1CNc1ccc(Cl)cc1N. The van der Waals surface area contributed by atoms with Crippen molar-refractivity contribution in [3.63, 3.8) is 0 Å². The van der Waals surface area contributed by atoms with Crippen molar-refractivity contribution in [1.82, 2.24) is 4.98 Å². The van der Waals surface area contributed by atoms with Crippen molar-refractivity contribution in [2.75, 3.05) is 11.1 Å². The molecule has 0 amide bonds. The van der Waals surface area contributed by atoms with Gasteiger partial charge in [0.05, 0.1) is 29.1 Å². The lowest BCUT2D eigenvalue weighted by Crippen LogP contribution is -2.02. The number of nitrogens with two attached hydrogens (primary N) is 1. The Labute approximate surface area is 103 Å². The van der Waals surface area contributed by atoms with Gasteiger partial charge in [0.1, 0.15) is 0 Å². The van der Waals surface area contributed by atoms with Crippen LogP contribution in [0.1, 0.15) is 10.6 Å². The number of hydrogen-bond acceptors (Lipinski definition) is 4. The Kier molecular flexibility index (Phi) is 3.31. The minimum Gasteiger partial charge on any atom is -0.397 e. The van der Waals surface area contributed by atoms with Gasteiger partial charge in [0.15, 0.2) is 0 Å². The fraction of sp³-hybridized carbons (Fsp3) is 0.182. The molecule has 0 aliphatic rings. The molecule has 84 valence electrons. The fourth-order valence-corrected chi connectivity index (χ4v) is 2.26. The lowest BCUT2D eigenvalue weighted by molar-refractivity contribution is 1.12. The molecule has 3 N–H and O–H groups in total. The Bertz CT molecular complexity index is 496. The van der Waals surface area contributed by atoms with E-state index in [0.717, 1.165) is 17.9 Å². The fourth-order valence-electron chi connectivity index (χ4n) is 1.37. The van der Waals surface area contributed by atoms with E-state index in [4.69, 9.17) is 17.3 Å². The van der Waals surface area contributed by atoms with Crippen molar-refractivity contribution < 1.29 is 0 Å². The van der Waals surface area contributed by atoms with E-state index in [1.807, 2.05) is 24.6 Å². The number of halogens is 1. The largest absolute Gasteiger partial charge is 0.397 e. The summed E-state index contributed by atoms with van der Waals surface area (Å²) >= 11 is 7.46.